The van der Waals surface area contributed by atoms with E-state index in [-0.39, 0.29) is 18.5 Å². The van der Waals surface area contributed by atoms with Crippen LogP contribution in [-0.2, 0) is 11.2 Å². The van der Waals surface area contributed by atoms with Gasteiger partial charge < -0.3 is 10.0 Å². The summed E-state index contributed by atoms with van der Waals surface area (Å²) >= 11 is 0. The van der Waals surface area contributed by atoms with Crippen molar-refractivity contribution >= 4 is 17.7 Å². The molecule has 1 atom stereocenters. The predicted molar refractivity (Wildman–Crippen MR) is 72.4 cm³/mol. The van der Waals surface area contributed by atoms with Gasteiger partial charge in [-0.1, -0.05) is 25.1 Å². The lowest BCUT2D eigenvalue weighted by molar-refractivity contribution is -0.137. The van der Waals surface area contributed by atoms with Gasteiger partial charge in [-0.2, -0.15) is 0 Å². The van der Waals surface area contributed by atoms with Crippen molar-refractivity contribution in [3.8, 4) is 0 Å². The van der Waals surface area contributed by atoms with Crippen molar-refractivity contribution in [2.45, 2.75) is 25.8 Å². The number of carboxylic acids is 1. The Morgan fingerprint density at radius 1 is 1.42 bits per heavy atom. The molecule has 2 rings (SSSR count). The van der Waals surface area contributed by atoms with Gasteiger partial charge in [-0.25, -0.2) is 4.79 Å². The molecule has 1 aromatic rings. The average Bonchev–Trinajstić information content (AvgIpc) is 2.64. The second kappa shape index (κ2) is 5.30. The summed E-state index contributed by atoms with van der Waals surface area (Å²) in [4.78, 5) is 26.4. The highest BCUT2D eigenvalue weighted by Gasteiger charge is 2.37. The highest BCUT2D eigenvalue weighted by atomic mass is 16.4. The molecule has 0 aromatic heterocycles. The van der Waals surface area contributed by atoms with E-state index in [1.165, 1.54) is 0 Å². The molecule has 102 valence electrons. The molecular formula is C14H18N2O3. The largest absolute Gasteiger partial charge is 0.481 e. The normalized spacial score (nSPS) is 19.1. The summed E-state index contributed by atoms with van der Waals surface area (Å²) in [5.41, 5.74) is 1.88. The molecule has 0 radical (unpaired) electrons. The molecule has 1 aliphatic heterocycles. The Labute approximate surface area is 112 Å². The first-order valence-corrected chi connectivity index (χ1v) is 6.38. The zero-order valence-electron chi connectivity index (χ0n) is 11.2. The number of hydrogen-bond donors (Lipinski definition) is 1. The van der Waals surface area contributed by atoms with Crippen LogP contribution >= 0.6 is 0 Å². The molecule has 0 spiro atoms. The fraction of sp³-hybridized carbons (Fsp3) is 0.429. The minimum absolute atomic E-state index is 0.0336. The van der Waals surface area contributed by atoms with Crippen LogP contribution < -0.4 is 4.90 Å². The van der Waals surface area contributed by atoms with Crippen LogP contribution in [0.25, 0.3) is 0 Å². The zero-order valence-corrected chi connectivity index (χ0v) is 11.2. The topological polar surface area (TPSA) is 60.9 Å². The van der Waals surface area contributed by atoms with E-state index in [4.69, 9.17) is 5.11 Å². The number of carbonyl (C=O) groups excluding carboxylic acids is 1. The monoisotopic (exact) mass is 262 g/mol. The van der Waals surface area contributed by atoms with Crippen LogP contribution in [0.1, 0.15) is 18.9 Å². The third-order valence-corrected chi connectivity index (χ3v) is 3.42. The van der Waals surface area contributed by atoms with Crippen LogP contribution in [0.3, 0.4) is 0 Å². The van der Waals surface area contributed by atoms with Gasteiger partial charge in [0, 0.05) is 19.3 Å². The predicted octanol–water partition coefficient (Wildman–Crippen LogP) is 1.96. The Hall–Kier alpha value is -2.04. The van der Waals surface area contributed by atoms with E-state index in [0.29, 0.717) is 6.54 Å². The first-order valence-electron chi connectivity index (χ1n) is 6.38. The Morgan fingerprint density at radius 3 is 2.74 bits per heavy atom. The molecule has 0 bridgehead atoms. The summed E-state index contributed by atoms with van der Waals surface area (Å²) in [6.07, 6.45) is 0.775. The summed E-state index contributed by atoms with van der Waals surface area (Å²) in [5.74, 6) is -0.882. The summed E-state index contributed by atoms with van der Waals surface area (Å²) in [6.45, 7) is 2.47. The number of para-hydroxylation sites is 1. The molecule has 19 heavy (non-hydrogen) atoms. The van der Waals surface area contributed by atoms with Crippen LogP contribution in [0.5, 0.6) is 0 Å². The number of aryl methyl sites for hydroxylation is 1. The molecule has 1 unspecified atom stereocenters. The van der Waals surface area contributed by atoms with Crippen molar-refractivity contribution in [3.63, 3.8) is 0 Å². The maximum absolute atomic E-state index is 12.2. The van der Waals surface area contributed by atoms with E-state index in [0.717, 1.165) is 17.7 Å². The van der Waals surface area contributed by atoms with Crippen molar-refractivity contribution in [2.24, 2.45) is 0 Å². The molecule has 1 aromatic carbocycles. The molecule has 1 N–H and O–H groups in total. The Morgan fingerprint density at radius 2 is 2.11 bits per heavy atom. The average molecular weight is 262 g/mol. The smallest absolute Gasteiger partial charge is 0.324 e. The van der Waals surface area contributed by atoms with Gasteiger partial charge in [-0.3, -0.25) is 9.69 Å². The van der Waals surface area contributed by atoms with Gasteiger partial charge in [0.15, 0.2) is 0 Å². The third kappa shape index (κ3) is 2.54. The molecule has 5 heteroatoms. The molecule has 0 saturated carbocycles. The van der Waals surface area contributed by atoms with Gasteiger partial charge in [-0.15, -0.1) is 0 Å². The summed E-state index contributed by atoms with van der Waals surface area (Å²) in [7, 11) is 1.70. The van der Waals surface area contributed by atoms with Gasteiger partial charge in [-0.05, 0) is 18.1 Å². The molecule has 1 saturated heterocycles. The van der Waals surface area contributed by atoms with E-state index < -0.39 is 5.97 Å². The summed E-state index contributed by atoms with van der Waals surface area (Å²) in [6, 6.07) is 7.22. The maximum atomic E-state index is 12.2. The Bertz CT molecular complexity index is 501. The quantitative estimate of drug-likeness (QED) is 0.902. The number of anilines is 1. The molecule has 1 heterocycles. The molecule has 1 fully saturated rings. The fourth-order valence-corrected chi connectivity index (χ4v) is 2.52. The van der Waals surface area contributed by atoms with E-state index in [1.54, 1.807) is 16.8 Å². The standard InChI is InChI=1S/C14H18N2O3/c1-3-10-6-4-5-7-12(10)16-11(8-13(17)18)9-15(2)14(16)19/h4-7,11H,3,8-9H2,1-2H3,(H,17,18). The number of rotatable bonds is 4. The number of likely N-dealkylation sites (N-methyl/N-ethyl adjacent to an activating group) is 1. The van der Waals surface area contributed by atoms with E-state index in [1.807, 2.05) is 31.2 Å². The van der Waals surface area contributed by atoms with Crippen LogP contribution in [-0.4, -0.2) is 41.6 Å². The zero-order chi connectivity index (χ0) is 14.0. The minimum Gasteiger partial charge on any atom is -0.481 e. The van der Waals surface area contributed by atoms with Crippen LogP contribution in [0.15, 0.2) is 24.3 Å². The van der Waals surface area contributed by atoms with E-state index >= 15 is 0 Å². The lowest BCUT2D eigenvalue weighted by atomic mass is 10.1. The lowest BCUT2D eigenvalue weighted by Crippen LogP contribution is -2.36. The van der Waals surface area contributed by atoms with E-state index in [9.17, 15) is 9.59 Å². The van der Waals surface area contributed by atoms with Gasteiger partial charge in [0.25, 0.3) is 0 Å². The number of urea groups is 1. The third-order valence-electron chi connectivity index (χ3n) is 3.42. The van der Waals surface area contributed by atoms with Crippen molar-refractivity contribution in [2.75, 3.05) is 18.5 Å². The SMILES string of the molecule is CCc1ccccc1N1C(=O)N(C)CC1CC(=O)O. The van der Waals surface area contributed by atoms with Crippen LogP contribution in [0.4, 0.5) is 10.5 Å². The van der Waals surface area contributed by atoms with Gasteiger partial charge >= 0.3 is 12.0 Å². The molecular weight excluding hydrogens is 244 g/mol. The second-order valence-electron chi connectivity index (χ2n) is 4.77. The lowest BCUT2D eigenvalue weighted by Gasteiger charge is -2.24. The molecule has 1 aliphatic rings. The summed E-state index contributed by atoms with van der Waals surface area (Å²) in [5, 5.41) is 8.98. The number of aliphatic carboxylic acids is 1. The fourth-order valence-electron chi connectivity index (χ4n) is 2.52. The van der Waals surface area contributed by atoms with Gasteiger partial charge in [0.1, 0.15) is 0 Å². The molecule has 0 aliphatic carbocycles. The highest BCUT2D eigenvalue weighted by molar-refractivity contribution is 5.96. The highest BCUT2D eigenvalue weighted by Crippen LogP contribution is 2.29. The number of hydrogen-bond acceptors (Lipinski definition) is 2. The van der Waals surface area contributed by atoms with Crippen molar-refractivity contribution < 1.29 is 14.7 Å². The number of carbonyl (C=O) groups is 2. The number of amides is 2. The summed E-state index contributed by atoms with van der Waals surface area (Å²) < 4.78 is 0. The maximum Gasteiger partial charge on any atom is 0.324 e. The minimum atomic E-state index is -0.882. The van der Waals surface area contributed by atoms with Crippen LogP contribution in [0.2, 0.25) is 0 Å². The number of nitrogens with zero attached hydrogens (tertiary/aromatic N) is 2. The van der Waals surface area contributed by atoms with Crippen molar-refractivity contribution in [3.05, 3.63) is 29.8 Å². The second-order valence-corrected chi connectivity index (χ2v) is 4.77. The number of carboxylic acid groups (broad SMARTS) is 1. The van der Waals surface area contributed by atoms with Crippen LogP contribution in [0, 0.1) is 0 Å². The van der Waals surface area contributed by atoms with Crippen molar-refractivity contribution in [1.29, 1.82) is 0 Å². The Kier molecular flexibility index (Phi) is 3.74. The van der Waals surface area contributed by atoms with Crippen molar-refractivity contribution in [1.82, 2.24) is 4.90 Å². The molecule has 5 nitrogen and oxygen atoms in total. The first kappa shape index (κ1) is 13.4. The van der Waals surface area contributed by atoms with Gasteiger partial charge in [0.2, 0.25) is 0 Å². The first-order chi connectivity index (χ1) is 9.04. The van der Waals surface area contributed by atoms with E-state index in [2.05, 4.69) is 0 Å². The Balaban J connectivity index is 2.38. The molecule has 2 amide bonds. The number of benzene rings is 1. The van der Waals surface area contributed by atoms with Gasteiger partial charge in [0.05, 0.1) is 12.5 Å².